The van der Waals surface area contributed by atoms with Gasteiger partial charge in [-0.15, -0.1) is 0 Å². The molecule has 1 fully saturated rings. The van der Waals surface area contributed by atoms with Gasteiger partial charge in [-0.05, 0) is 24.8 Å². The molecule has 0 bridgehead atoms. The minimum absolute atomic E-state index is 0.614. The standard InChI is InChI=1S/C14H16N2O/c17-14(6-3-7-15-10-14)13-9-16-8-11-4-1-2-5-12(11)13/h1-2,4-5,8-9,15,17H,3,6-7,10H2. The lowest BCUT2D eigenvalue weighted by molar-refractivity contribution is 0.0134. The number of rotatable bonds is 1. The summed E-state index contributed by atoms with van der Waals surface area (Å²) < 4.78 is 0. The van der Waals surface area contributed by atoms with Gasteiger partial charge in [-0.25, -0.2) is 0 Å². The lowest BCUT2D eigenvalue weighted by Gasteiger charge is -2.33. The fourth-order valence-corrected chi connectivity index (χ4v) is 2.61. The molecule has 2 aromatic rings. The summed E-state index contributed by atoms with van der Waals surface area (Å²) in [5, 5.41) is 16.2. The number of nitrogens with zero attached hydrogens (tertiary/aromatic N) is 1. The van der Waals surface area contributed by atoms with Crippen molar-refractivity contribution in [2.24, 2.45) is 0 Å². The maximum atomic E-state index is 10.7. The van der Waals surface area contributed by atoms with E-state index in [1.165, 1.54) is 0 Å². The van der Waals surface area contributed by atoms with E-state index in [2.05, 4.69) is 16.4 Å². The van der Waals surface area contributed by atoms with Gasteiger partial charge in [0.2, 0.25) is 0 Å². The van der Waals surface area contributed by atoms with Crippen molar-refractivity contribution in [2.75, 3.05) is 13.1 Å². The zero-order valence-corrected chi connectivity index (χ0v) is 9.69. The van der Waals surface area contributed by atoms with E-state index >= 15 is 0 Å². The molecule has 1 aliphatic heterocycles. The van der Waals surface area contributed by atoms with E-state index in [1.54, 1.807) is 6.20 Å². The zero-order valence-electron chi connectivity index (χ0n) is 9.69. The van der Waals surface area contributed by atoms with Gasteiger partial charge in [-0.1, -0.05) is 24.3 Å². The SMILES string of the molecule is OC1(c2cncc3ccccc23)CCCNC1. The Kier molecular flexibility index (Phi) is 2.57. The van der Waals surface area contributed by atoms with Gasteiger partial charge in [-0.2, -0.15) is 0 Å². The number of nitrogens with one attached hydrogen (secondary N) is 1. The van der Waals surface area contributed by atoms with Gasteiger partial charge in [0.25, 0.3) is 0 Å². The van der Waals surface area contributed by atoms with Gasteiger partial charge < -0.3 is 10.4 Å². The fourth-order valence-electron chi connectivity index (χ4n) is 2.61. The number of hydrogen-bond donors (Lipinski definition) is 2. The highest BCUT2D eigenvalue weighted by atomic mass is 16.3. The number of fused-ring (bicyclic) bond motifs is 1. The minimum Gasteiger partial charge on any atom is -0.384 e. The normalized spacial score (nSPS) is 25.0. The van der Waals surface area contributed by atoms with E-state index in [4.69, 9.17) is 0 Å². The summed E-state index contributed by atoms with van der Waals surface area (Å²) >= 11 is 0. The van der Waals surface area contributed by atoms with E-state index in [0.717, 1.165) is 35.7 Å². The lowest BCUT2D eigenvalue weighted by Crippen LogP contribution is -2.43. The van der Waals surface area contributed by atoms with Gasteiger partial charge >= 0.3 is 0 Å². The van der Waals surface area contributed by atoms with Crippen molar-refractivity contribution < 1.29 is 5.11 Å². The maximum Gasteiger partial charge on any atom is 0.104 e. The van der Waals surface area contributed by atoms with Crippen molar-refractivity contribution in [1.82, 2.24) is 10.3 Å². The number of hydrogen-bond acceptors (Lipinski definition) is 3. The first-order valence-electron chi connectivity index (χ1n) is 6.06. The Morgan fingerprint density at radius 1 is 1.24 bits per heavy atom. The van der Waals surface area contributed by atoms with E-state index in [1.807, 2.05) is 24.4 Å². The third-order valence-corrected chi connectivity index (χ3v) is 3.53. The molecule has 1 saturated heterocycles. The second-order valence-electron chi connectivity index (χ2n) is 4.72. The van der Waals surface area contributed by atoms with Crippen LogP contribution < -0.4 is 5.32 Å². The highest BCUT2D eigenvalue weighted by Crippen LogP contribution is 2.32. The zero-order chi connectivity index (χ0) is 11.7. The molecule has 3 nitrogen and oxygen atoms in total. The number of pyridine rings is 1. The highest BCUT2D eigenvalue weighted by molar-refractivity contribution is 5.85. The number of piperidine rings is 1. The molecular weight excluding hydrogens is 212 g/mol. The summed E-state index contributed by atoms with van der Waals surface area (Å²) in [4.78, 5) is 4.25. The summed E-state index contributed by atoms with van der Waals surface area (Å²) in [5.74, 6) is 0. The van der Waals surface area contributed by atoms with Crippen molar-refractivity contribution in [3.63, 3.8) is 0 Å². The van der Waals surface area contributed by atoms with Crippen LogP contribution in [-0.2, 0) is 5.60 Å². The molecule has 0 spiro atoms. The van der Waals surface area contributed by atoms with Crippen LogP contribution in [0.3, 0.4) is 0 Å². The maximum absolute atomic E-state index is 10.7. The number of aromatic nitrogens is 1. The van der Waals surface area contributed by atoms with Crippen molar-refractivity contribution in [2.45, 2.75) is 18.4 Å². The Morgan fingerprint density at radius 3 is 2.94 bits per heavy atom. The van der Waals surface area contributed by atoms with Crippen LogP contribution in [0.2, 0.25) is 0 Å². The van der Waals surface area contributed by atoms with Gasteiger partial charge in [0.05, 0.1) is 0 Å². The Morgan fingerprint density at radius 2 is 2.12 bits per heavy atom. The average Bonchev–Trinajstić information content (AvgIpc) is 2.39. The molecule has 1 aromatic carbocycles. The quantitative estimate of drug-likeness (QED) is 0.782. The lowest BCUT2D eigenvalue weighted by atomic mass is 9.85. The third-order valence-electron chi connectivity index (χ3n) is 3.53. The largest absolute Gasteiger partial charge is 0.384 e. The van der Waals surface area contributed by atoms with Crippen molar-refractivity contribution in [3.8, 4) is 0 Å². The molecular formula is C14H16N2O. The minimum atomic E-state index is -0.772. The number of benzene rings is 1. The molecule has 1 aliphatic rings. The number of aliphatic hydroxyl groups is 1. The first-order valence-corrected chi connectivity index (χ1v) is 6.06. The Labute approximate surface area is 100 Å². The molecule has 0 amide bonds. The van der Waals surface area contributed by atoms with Crippen LogP contribution in [0.1, 0.15) is 18.4 Å². The molecule has 17 heavy (non-hydrogen) atoms. The second-order valence-corrected chi connectivity index (χ2v) is 4.72. The molecule has 88 valence electrons. The molecule has 1 unspecified atom stereocenters. The molecule has 3 rings (SSSR count). The topological polar surface area (TPSA) is 45.2 Å². The van der Waals surface area contributed by atoms with Crippen molar-refractivity contribution in [3.05, 3.63) is 42.2 Å². The van der Waals surface area contributed by atoms with Crippen LogP contribution >= 0.6 is 0 Å². The smallest absolute Gasteiger partial charge is 0.104 e. The summed E-state index contributed by atoms with van der Waals surface area (Å²) in [6.45, 7) is 1.60. The summed E-state index contributed by atoms with van der Waals surface area (Å²) in [7, 11) is 0. The Hall–Kier alpha value is -1.45. The van der Waals surface area contributed by atoms with Crippen molar-refractivity contribution in [1.29, 1.82) is 0 Å². The molecule has 1 aromatic heterocycles. The van der Waals surface area contributed by atoms with Crippen LogP contribution in [-0.4, -0.2) is 23.2 Å². The van der Waals surface area contributed by atoms with Gasteiger partial charge in [0, 0.05) is 29.9 Å². The summed E-state index contributed by atoms with van der Waals surface area (Å²) in [6.07, 6.45) is 5.45. The van der Waals surface area contributed by atoms with Gasteiger partial charge in [0.15, 0.2) is 0 Å². The number of β-amino-alcohol motifs (C(OH)–C–C–N with tert-alkyl or cyclic N) is 1. The first kappa shape index (κ1) is 10.7. The van der Waals surface area contributed by atoms with Crippen LogP contribution in [0.15, 0.2) is 36.7 Å². The molecule has 2 heterocycles. The molecule has 0 saturated carbocycles. The van der Waals surface area contributed by atoms with Gasteiger partial charge in [0.1, 0.15) is 5.60 Å². The molecule has 3 heteroatoms. The summed E-state index contributed by atoms with van der Waals surface area (Å²) in [6, 6.07) is 8.09. The van der Waals surface area contributed by atoms with E-state index in [-0.39, 0.29) is 0 Å². The van der Waals surface area contributed by atoms with Crippen LogP contribution in [0, 0.1) is 0 Å². The highest BCUT2D eigenvalue weighted by Gasteiger charge is 2.32. The monoisotopic (exact) mass is 228 g/mol. The molecule has 0 aliphatic carbocycles. The molecule has 0 radical (unpaired) electrons. The predicted octanol–water partition coefficient (Wildman–Crippen LogP) is 1.81. The summed E-state index contributed by atoms with van der Waals surface area (Å²) in [5.41, 5.74) is 0.175. The first-order chi connectivity index (χ1) is 8.30. The second kappa shape index (κ2) is 4.09. The predicted molar refractivity (Wildman–Crippen MR) is 67.7 cm³/mol. The van der Waals surface area contributed by atoms with Gasteiger partial charge in [-0.3, -0.25) is 4.98 Å². The van der Waals surface area contributed by atoms with Crippen LogP contribution in [0.5, 0.6) is 0 Å². The van der Waals surface area contributed by atoms with E-state index < -0.39 is 5.60 Å². The van der Waals surface area contributed by atoms with Crippen LogP contribution in [0.25, 0.3) is 10.8 Å². The molecule has 2 N–H and O–H groups in total. The average molecular weight is 228 g/mol. The third kappa shape index (κ3) is 1.81. The van der Waals surface area contributed by atoms with Crippen molar-refractivity contribution >= 4 is 10.8 Å². The molecule has 1 atom stereocenters. The van der Waals surface area contributed by atoms with E-state index in [0.29, 0.717) is 6.54 Å². The Balaban J connectivity index is 2.16. The van der Waals surface area contributed by atoms with E-state index in [9.17, 15) is 5.11 Å². The Bertz CT molecular complexity index is 527. The van der Waals surface area contributed by atoms with Crippen LogP contribution in [0.4, 0.5) is 0 Å². The fraction of sp³-hybridized carbons (Fsp3) is 0.357.